The van der Waals surface area contributed by atoms with Gasteiger partial charge in [-0.15, -0.1) is 0 Å². The van der Waals surface area contributed by atoms with Crippen LogP contribution in [0.3, 0.4) is 0 Å². The number of benzene rings is 1. The van der Waals surface area contributed by atoms with Crippen LogP contribution in [0.25, 0.3) is 0 Å². The van der Waals surface area contributed by atoms with Gasteiger partial charge in [-0.05, 0) is 24.6 Å². The molecule has 1 N–H and O–H groups in total. The molecule has 0 saturated heterocycles. The third-order valence-electron chi connectivity index (χ3n) is 1.66. The van der Waals surface area contributed by atoms with E-state index in [9.17, 15) is 0 Å². The Morgan fingerprint density at radius 2 is 1.92 bits per heavy atom. The highest BCUT2D eigenvalue weighted by atomic mass is 79.9. The molecule has 0 aliphatic carbocycles. The Bertz CT molecular complexity index is 235. The largest absolute Gasteiger partial charge is 0.305 e. The van der Waals surface area contributed by atoms with E-state index in [1.807, 2.05) is 19.1 Å². The molecule has 0 radical (unpaired) electrons. The van der Waals surface area contributed by atoms with Gasteiger partial charge in [0.05, 0.1) is 13.2 Å². The maximum Gasteiger partial charge on any atom is 0.0572 e. The van der Waals surface area contributed by atoms with E-state index in [-0.39, 0.29) is 6.04 Å². The third-order valence-corrected chi connectivity index (χ3v) is 2.19. The van der Waals surface area contributed by atoms with Crippen LogP contribution in [0.5, 0.6) is 0 Å². The molecule has 3 heteroatoms. The molecule has 1 unspecified atom stereocenters. The van der Waals surface area contributed by atoms with Crippen molar-refractivity contribution in [2.75, 3.05) is 7.11 Å². The van der Waals surface area contributed by atoms with Crippen LogP contribution in [-0.4, -0.2) is 7.11 Å². The second kappa shape index (κ2) is 4.60. The maximum absolute atomic E-state index is 4.83. The molecule has 2 nitrogen and oxygen atoms in total. The standard InChI is InChI=1S/C9H12BrNO/c1-7(11-12-2)8-3-5-9(10)6-4-8/h3-7,11H,1-2H3. The fourth-order valence-electron chi connectivity index (χ4n) is 0.996. The van der Waals surface area contributed by atoms with Gasteiger partial charge in [0.2, 0.25) is 0 Å². The van der Waals surface area contributed by atoms with Crippen molar-refractivity contribution < 1.29 is 4.84 Å². The zero-order valence-electron chi connectivity index (χ0n) is 7.17. The van der Waals surface area contributed by atoms with Crippen molar-refractivity contribution in [2.45, 2.75) is 13.0 Å². The summed E-state index contributed by atoms with van der Waals surface area (Å²) in [6, 6.07) is 8.37. The fourth-order valence-corrected chi connectivity index (χ4v) is 1.26. The number of hydrogen-bond acceptors (Lipinski definition) is 2. The summed E-state index contributed by atoms with van der Waals surface area (Å²) in [6.07, 6.45) is 0. The normalized spacial score (nSPS) is 12.9. The number of nitrogens with one attached hydrogen (secondary N) is 1. The Labute approximate surface area is 81.0 Å². The Hall–Kier alpha value is -0.380. The van der Waals surface area contributed by atoms with Crippen LogP contribution in [0.4, 0.5) is 0 Å². The third kappa shape index (κ3) is 2.59. The van der Waals surface area contributed by atoms with Crippen molar-refractivity contribution in [3.05, 3.63) is 34.3 Å². The fraction of sp³-hybridized carbons (Fsp3) is 0.333. The van der Waals surface area contributed by atoms with Gasteiger partial charge < -0.3 is 4.84 Å². The van der Waals surface area contributed by atoms with Crippen molar-refractivity contribution in [3.8, 4) is 0 Å². The lowest BCUT2D eigenvalue weighted by molar-refractivity contribution is 0.0659. The maximum atomic E-state index is 4.83. The topological polar surface area (TPSA) is 21.3 Å². The van der Waals surface area contributed by atoms with E-state index in [0.29, 0.717) is 0 Å². The molecule has 0 spiro atoms. The second-order valence-electron chi connectivity index (χ2n) is 2.60. The minimum absolute atomic E-state index is 0.225. The Morgan fingerprint density at radius 1 is 1.33 bits per heavy atom. The van der Waals surface area contributed by atoms with Gasteiger partial charge in [0, 0.05) is 4.47 Å². The van der Waals surface area contributed by atoms with E-state index in [1.54, 1.807) is 7.11 Å². The molecule has 1 aromatic carbocycles. The summed E-state index contributed by atoms with van der Waals surface area (Å²) in [7, 11) is 1.62. The number of halogens is 1. The monoisotopic (exact) mass is 229 g/mol. The first-order chi connectivity index (χ1) is 5.74. The molecule has 0 aliphatic rings. The van der Waals surface area contributed by atoms with Crippen LogP contribution < -0.4 is 5.48 Å². The highest BCUT2D eigenvalue weighted by Crippen LogP contribution is 2.15. The van der Waals surface area contributed by atoms with E-state index >= 15 is 0 Å². The van der Waals surface area contributed by atoms with E-state index in [4.69, 9.17) is 4.84 Å². The molecule has 12 heavy (non-hydrogen) atoms. The predicted molar refractivity (Wildman–Crippen MR) is 52.7 cm³/mol. The Kier molecular flexibility index (Phi) is 3.72. The van der Waals surface area contributed by atoms with Gasteiger partial charge in [0.25, 0.3) is 0 Å². The van der Waals surface area contributed by atoms with Crippen molar-refractivity contribution >= 4 is 15.9 Å². The molecule has 1 aromatic rings. The number of rotatable bonds is 3. The highest BCUT2D eigenvalue weighted by Gasteiger charge is 2.02. The average Bonchev–Trinajstić information content (AvgIpc) is 2.06. The molecule has 0 bridgehead atoms. The van der Waals surface area contributed by atoms with Crippen LogP contribution in [0, 0.1) is 0 Å². The second-order valence-corrected chi connectivity index (χ2v) is 3.51. The van der Waals surface area contributed by atoms with Gasteiger partial charge in [0.1, 0.15) is 0 Å². The molecule has 1 rings (SSSR count). The summed E-state index contributed by atoms with van der Waals surface area (Å²) in [5.74, 6) is 0. The molecule has 66 valence electrons. The summed E-state index contributed by atoms with van der Waals surface area (Å²) in [5.41, 5.74) is 4.07. The Balaban J connectivity index is 2.68. The minimum Gasteiger partial charge on any atom is -0.305 e. The zero-order valence-corrected chi connectivity index (χ0v) is 8.76. The van der Waals surface area contributed by atoms with Crippen LogP contribution in [0.1, 0.15) is 18.5 Å². The molecular formula is C9H12BrNO. The van der Waals surface area contributed by atoms with E-state index in [1.165, 1.54) is 5.56 Å². The van der Waals surface area contributed by atoms with Crippen LogP contribution >= 0.6 is 15.9 Å². The smallest absolute Gasteiger partial charge is 0.0572 e. The van der Waals surface area contributed by atoms with E-state index in [0.717, 1.165) is 4.47 Å². The van der Waals surface area contributed by atoms with E-state index < -0.39 is 0 Å². The van der Waals surface area contributed by atoms with Crippen molar-refractivity contribution in [1.29, 1.82) is 0 Å². The van der Waals surface area contributed by atoms with Crippen LogP contribution in [0.2, 0.25) is 0 Å². The molecule has 0 aliphatic heterocycles. The first-order valence-electron chi connectivity index (χ1n) is 3.78. The molecule has 0 saturated carbocycles. The minimum atomic E-state index is 0.225. The van der Waals surface area contributed by atoms with Crippen molar-refractivity contribution in [1.82, 2.24) is 5.48 Å². The SMILES string of the molecule is CONC(C)c1ccc(Br)cc1. The Morgan fingerprint density at radius 3 is 2.42 bits per heavy atom. The van der Waals surface area contributed by atoms with Gasteiger partial charge in [-0.3, -0.25) is 0 Å². The van der Waals surface area contributed by atoms with Gasteiger partial charge >= 0.3 is 0 Å². The summed E-state index contributed by atoms with van der Waals surface area (Å²) in [5, 5.41) is 0. The summed E-state index contributed by atoms with van der Waals surface area (Å²) in [6.45, 7) is 2.05. The van der Waals surface area contributed by atoms with Gasteiger partial charge in [-0.1, -0.05) is 28.1 Å². The predicted octanol–water partition coefficient (Wildman–Crippen LogP) is 2.66. The first kappa shape index (κ1) is 9.71. The van der Waals surface area contributed by atoms with Crippen molar-refractivity contribution in [2.24, 2.45) is 0 Å². The quantitative estimate of drug-likeness (QED) is 0.806. The van der Waals surface area contributed by atoms with Gasteiger partial charge in [-0.2, -0.15) is 5.48 Å². The summed E-state index contributed by atoms with van der Waals surface area (Å²) < 4.78 is 1.09. The summed E-state index contributed by atoms with van der Waals surface area (Å²) in [4.78, 5) is 4.83. The zero-order chi connectivity index (χ0) is 8.97. The highest BCUT2D eigenvalue weighted by molar-refractivity contribution is 9.10. The lowest BCUT2D eigenvalue weighted by Gasteiger charge is -2.11. The van der Waals surface area contributed by atoms with Gasteiger partial charge in [-0.25, -0.2) is 0 Å². The molecule has 0 aromatic heterocycles. The molecule has 0 fully saturated rings. The number of hydrogen-bond donors (Lipinski definition) is 1. The first-order valence-corrected chi connectivity index (χ1v) is 4.57. The molecule has 0 heterocycles. The van der Waals surface area contributed by atoms with E-state index in [2.05, 4.69) is 33.5 Å². The lowest BCUT2D eigenvalue weighted by Crippen LogP contribution is -2.16. The van der Waals surface area contributed by atoms with Crippen molar-refractivity contribution in [3.63, 3.8) is 0 Å². The molecular weight excluding hydrogens is 218 g/mol. The van der Waals surface area contributed by atoms with Crippen LogP contribution in [-0.2, 0) is 4.84 Å². The lowest BCUT2D eigenvalue weighted by atomic mass is 10.1. The molecule has 1 atom stereocenters. The average molecular weight is 230 g/mol. The number of hydroxylamine groups is 1. The van der Waals surface area contributed by atoms with Gasteiger partial charge in [0.15, 0.2) is 0 Å². The summed E-state index contributed by atoms with van der Waals surface area (Å²) >= 11 is 3.38. The molecule has 0 amide bonds. The van der Waals surface area contributed by atoms with Crippen LogP contribution in [0.15, 0.2) is 28.7 Å².